The van der Waals surface area contributed by atoms with E-state index in [0.717, 1.165) is 12.1 Å². The largest absolute Gasteiger partial charge is 0.326 e. The molecule has 3 amide bonds. The SMILES string of the molecule is CCN1C(=O)N[C@@H](c2cccc(F)c2)C(C(=O)Nc2ccc(F)c(F)c2)=C1C. The molecule has 0 unspecified atom stereocenters. The molecule has 0 saturated carbocycles. The third-order valence-electron chi connectivity index (χ3n) is 4.52. The van der Waals surface area contributed by atoms with Crippen LogP contribution >= 0.6 is 0 Å². The van der Waals surface area contributed by atoms with E-state index in [-0.39, 0.29) is 11.3 Å². The molecule has 0 saturated heterocycles. The minimum absolute atomic E-state index is 0.0575. The van der Waals surface area contributed by atoms with Crippen LogP contribution in [0, 0.1) is 17.5 Å². The zero-order valence-electron chi connectivity index (χ0n) is 15.2. The van der Waals surface area contributed by atoms with E-state index < -0.39 is 35.4 Å². The molecular formula is C20H18F3N3O2. The molecule has 1 atom stereocenters. The lowest BCUT2D eigenvalue weighted by Crippen LogP contribution is -2.48. The fourth-order valence-electron chi connectivity index (χ4n) is 3.16. The highest BCUT2D eigenvalue weighted by Crippen LogP contribution is 2.31. The lowest BCUT2D eigenvalue weighted by atomic mass is 9.94. The molecule has 28 heavy (non-hydrogen) atoms. The number of benzene rings is 2. The van der Waals surface area contributed by atoms with Crippen LogP contribution in [0.1, 0.15) is 25.5 Å². The van der Waals surface area contributed by atoms with Gasteiger partial charge in [0.1, 0.15) is 5.82 Å². The Hall–Kier alpha value is -3.29. The number of hydrogen-bond acceptors (Lipinski definition) is 2. The number of nitrogens with one attached hydrogen (secondary N) is 2. The Morgan fingerprint density at radius 2 is 1.89 bits per heavy atom. The molecule has 0 aliphatic carbocycles. The maximum Gasteiger partial charge on any atom is 0.322 e. The smallest absolute Gasteiger partial charge is 0.322 e. The highest BCUT2D eigenvalue weighted by atomic mass is 19.2. The van der Waals surface area contributed by atoms with Crippen molar-refractivity contribution in [2.24, 2.45) is 0 Å². The number of carbonyl (C=O) groups excluding carboxylic acids is 2. The van der Waals surface area contributed by atoms with Crippen LogP contribution in [0.15, 0.2) is 53.7 Å². The van der Waals surface area contributed by atoms with E-state index in [1.54, 1.807) is 19.9 Å². The van der Waals surface area contributed by atoms with Gasteiger partial charge < -0.3 is 10.6 Å². The average Bonchev–Trinajstić information content (AvgIpc) is 2.64. The van der Waals surface area contributed by atoms with Crippen LogP contribution in [0.5, 0.6) is 0 Å². The molecule has 0 aromatic heterocycles. The molecule has 0 radical (unpaired) electrons. The molecule has 1 aliphatic heterocycles. The predicted molar refractivity (Wildman–Crippen MR) is 97.7 cm³/mol. The summed E-state index contributed by atoms with van der Waals surface area (Å²) in [4.78, 5) is 26.7. The molecule has 2 aromatic rings. The van der Waals surface area contributed by atoms with Gasteiger partial charge in [0.05, 0.1) is 11.6 Å². The van der Waals surface area contributed by atoms with Crippen LogP contribution in [-0.4, -0.2) is 23.4 Å². The fourth-order valence-corrected chi connectivity index (χ4v) is 3.16. The number of nitrogens with zero attached hydrogens (tertiary/aromatic N) is 1. The monoisotopic (exact) mass is 389 g/mol. The Morgan fingerprint density at radius 3 is 2.54 bits per heavy atom. The molecule has 1 aliphatic rings. The van der Waals surface area contributed by atoms with E-state index in [2.05, 4.69) is 10.6 Å². The van der Waals surface area contributed by atoms with E-state index >= 15 is 0 Å². The zero-order valence-corrected chi connectivity index (χ0v) is 15.2. The fraction of sp³-hybridized carbons (Fsp3) is 0.200. The van der Waals surface area contributed by atoms with Crippen molar-refractivity contribution >= 4 is 17.6 Å². The summed E-state index contributed by atoms with van der Waals surface area (Å²) in [5.74, 6) is -3.26. The summed E-state index contributed by atoms with van der Waals surface area (Å²) in [6.45, 7) is 3.67. The number of urea groups is 1. The van der Waals surface area contributed by atoms with Crippen molar-refractivity contribution in [1.82, 2.24) is 10.2 Å². The summed E-state index contributed by atoms with van der Waals surface area (Å²) in [5, 5.41) is 5.20. The molecule has 2 N–H and O–H groups in total. The van der Waals surface area contributed by atoms with Crippen molar-refractivity contribution in [1.29, 1.82) is 0 Å². The first-order chi connectivity index (χ1) is 13.3. The van der Waals surface area contributed by atoms with Gasteiger partial charge in [-0.2, -0.15) is 0 Å². The summed E-state index contributed by atoms with van der Waals surface area (Å²) < 4.78 is 40.3. The van der Waals surface area contributed by atoms with Crippen molar-refractivity contribution in [2.75, 3.05) is 11.9 Å². The normalized spacial score (nSPS) is 16.8. The third kappa shape index (κ3) is 3.71. The molecule has 2 aromatic carbocycles. The van der Waals surface area contributed by atoms with Gasteiger partial charge in [-0.1, -0.05) is 12.1 Å². The number of anilines is 1. The molecule has 5 nitrogen and oxygen atoms in total. The first-order valence-corrected chi connectivity index (χ1v) is 8.62. The summed E-state index contributed by atoms with van der Waals surface area (Å²) in [5.41, 5.74) is 1.01. The van der Waals surface area contributed by atoms with Crippen molar-refractivity contribution < 1.29 is 22.8 Å². The summed E-state index contributed by atoms with van der Waals surface area (Å²) in [6, 6.07) is 7.22. The van der Waals surface area contributed by atoms with Crippen molar-refractivity contribution in [3.05, 3.63) is 76.7 Å². The Labute approximate surface area is 159 Å². The Kier molecular flexibility index (Phi) is 5.39. The molecule has 8 heteroatoms. The molecule has 0 bridgehead atoms. The number of amides is 3. The van der Waals surface area contributed by atoms with Crippen molar-refractivity contribution in [3.63, 3.8) is 0 Å². The Bertz CT molecular complexity index is 975. The highest BCUT2D eigenvalue weighted by molar-refractivity contribution is 6.06. The quantitative estimate of drug-likeness (QED) is 0.827. The maximum absolute atomic E-state index is 13.7. The van der Waals surface area contributed by atoms with Gasteiger partial charge >= 0.3 is 6.03 Å². The van der Waals surface area contributed by atoms with E-state index in [1.807, 2.05) is 0 Å². The van der Waals surface area contributed by atoms with Crippen LogP contribution < -0.4 is 10.6 Å². The van der Waals surface area contributed by atoms with Gasteiger partial charge in [-0.15, -0.1) is 0 Å². The standard InChI is InChI=1S/C20H18F3N3O2/c1-3-26-11(2)17(19(27)24-14-7-8-15(22)16(23)10-14)18(25-20(26)28)12-5-4-6-13(21)9-12/h4-10,18H,3H2,1-2H3,(H,24,27)(H,25,28)/t18-/m0/s1. The minimum Gasteiger partial charge on any atom is -0.326 e. The van der Waals surface area contributed by atoms with Crippen LogP contribution in [0.3, 0.4) is 0 Å². The summed E-state index contributed by atoms with van der Waals surface area (Å²) in [7, 11) is 0. The van der Waals surface area contributed by atoms with Crippen molar-refractivity contribution in [2.45, 2.75) is 19.9 Å². The second-order valence-corrected chi connectivity index (χ2v) is 6.26. The Morgan fingerprint density at radius 1 is 1.14 bits per heavy atom. The minimum atomic E-state index is -1.10. The van der Waals surface area contributed by atoms with Crippen LogP contribution in [0.25, 0.3) is 0 Å². The van der Waals surface area contributed by atoms with Gasteiger partial charge in [0, 0.05) is 24.0 Å². The van der Waals surface area contributed by atoms with E-state index in [0.29, 0.717) is 17.8 Å². The first-order valence-electron chi connectivity index (χ1n) is 8.62. The molecule has 1 heterocycles. The van der Waals surface area contributed by atoms with Gasteiger partial charge in [-0.05, 0) is 43.7 Å². The lowest BCUT2D eigenvalue weighted by molar-refractivity contribution is -0.113. The van der Waals surface area contributed by atoms with Gasteiger partial charge in [-0.25, -0.2) is 18.0 Å². The predicted octanol–water partition coefficient (Wildman–Crippen LogP) is 4.10. The average molecular weight is 389 g/mol. The summed E-state index contributed by atoms with van der Waals surface area (Å²) in [6.07, 6.45) is 0. The lowest BCUT2D eigenvalue weighted by Gasteiger charge is -2.35. The van der Waals surface area contributed by atoms with Gasteiger partial charge in [0.2, 0.25) is 0 Å². The maximum atomic E-state index is 13.7. The van der Waals surface area contributed by atoms with Gasteiger partial charge in [-0.3, -0.25) is 9.69 Å². The van der Waals surface area contributed by atoms with Crippen LogP contribution in [-0.2, 0) is 4.79 Å². The molecule has 0 fully saturated rings. The summed E-state index contributed by atoms with van der Waals surface area (Å²) >= 11 is 0. The van der Waals surface area contributed by atoms with Crippen LogP contribution in [0.2, 0.25) is 0 Å². The molecule has 146 valence electrons. The zero-order chi connectivity index (χ0) is 20.4. The van der Waals surface area contributed by atoms with Gasteiger partial charge in [0.25, 0.3) is 5.91 Å². The number of rotatable bonds is 4. The second kappa shape index (κ2) is 7.75. The molecule has 0 spiro atoms. The first kappa shape index (κ1) is 19.5. The highest BCUT2D eigenvalue weighted by Gasteiger charge is 2.35. The topological polar surface area (TPSA) is 61.4 Å². The van der Waals surface area contributed by atoms with E-state index in [4.69, 9.17) is 0 Å². The molecular weight excluding hydrogens is 371 g/mol. The number of hydrogen-bond donors (Lipinski definition) is 2. The van der Waals surface area contributed by atoms with Gasteiger partial charge in [0.15, 0.2) is 11.6 Å². The van der Waals surface area contributed by atoms with Crippen LogP contribution in [0.4, 0.5) is 23.7 Å². The molecule has 3 rings (SSSR count). The number of allylic oxidation sites excluding steroid dienone is 1. The number of carbonyl (C=O) groups is 2. The van der Waals surface area contributed by atoms with E-state index in [1.165, 1.54) is 29.2 Å². The second-order valence-electron chi connectivity index (χ2n) is 6.26. The third-order valence-corrected chi connectivity index (χ3v) is 4.52. The van der Waals surface area contributed by atoms with Crippen molar-refractivity contribution in [3.8, 4) is 0 Å². The Balaban J connectivity index is 2.02. The van der Waals surface area contributed by atoms with E-state index in [9.17, 15) is 22.8 Å². The number of halogens is 3.